The van der Waals surface area contributed by atoms with Crippen molar-refractivity contribution in [1.82, 2.24) is 4.98 Å². The molecule has 0 amide bonds. The van der Waals surface area contributed by atoms with Crippen molar-refractivity contribution in [3.05, 3.63) is 74.2 Å². The van der Waals surface area contributed by atoms with Crippen LogP contribution in [-0.4, -0.2) is 29.8 Å². The predicted molar refractivity (Wildman–Crippen MR) is 104 cm³/mol. The number of aromatic nitrogens is 1. The molecule has 4 rings (SSSR count). The van der Waals surface area contributed by atoms with Crippen LogP contribution >= 0.6 is 11.3 Å². The Kier molecular flexibility index (Phi) is 4.67. The van der Waals surface area contributed by atoms with Gasteiger partial charge in [-0.25, -0.2) is 0 Å². The lowest BCUT2D eigenvalue weighted by atomic mass is 10.1. The van der Waals surface area contributed by atoms with E-state index in [2.05, 4.69) is 34.1 Å². The number of hydrogen-bond donors (Lipinski definition) is 2. The quantitative estimate of drug-likeness (QED) is 0.701. The molecular formula is C20H20N2O3S. The standard InChI is InChI=1S/C20H20N2O3S/c23-19-18(26-20(24)21-19)13-14-5-7-16(8-6-14)25-12-11-22-10-9-15-3-1-2-4-17(15)22/h1-8,23H,9-13H2,(H,21,24). The molecule has 0 bridgehead atoms. The maximum atomic E-state index is 11.2. The fraction of sp³-hybridized carbons (Fsp3) is 0.250. The first-order valence-electron chi connectivity index (χ1n) is 8.64. The van der Waals surface area contributed by atoms with Gasteiger partial charge in [-0.2, -0.15) is 0 Å². The van der Waals surface area contributed by atoms with E-state index in [4.69, 9.17) is 4.74 Å². The van der Waals surface area contributed by atoms with Gasteiger partial charge in [-0.3, -0.25) is 9.78 Å². The number of thiazole rings is 1. The fourth-order valence-electron chi connectivity index (χ4n) is 3.27. The number of hydrogen-bond acceptors (Lipinski definition) is 5. The van der Waals surface area contributed by atoms with Gasteiger partial charge in [-0.05, 0) is 35.7 Å². The predicted octanol–water partition coefficient (Wildman–Crippen LogP) is 3.17. The number of aromatic amines is 1. The van der Waals surface area contributed by atoms with Crippen LogP contribution in [-0.2, 0) is 12.8 Å². The minimum atomic E-state index is -0.235. The largest absolute Gasteiger partial charge is 0.494 e. The smallest absolute Gasteiger partial charge is 0.307 e. The third kappa shape index (κ3) is 3.60. The van der Waals surface area contributed by atoms with Gasteiger partial charge in [0.25, 0.3) is 0 Å². The normalized spacial score (nSPS) is 13.0. The molecule has 0 fully saturated rings. The summed E-state index contributed by atoms with van der Waals surface area (Å²) in [6, 6.07) is 16.3. The third-order valence-electron chi connectivity index (χ3n) is 4.60. The van der Waals surface area contributed by atoms with E-state index in [1.54, 1.807) is 0 Å². The topological polar surface area (TPSA) is 65.6 Å². The Hall–Kier alpha value is -2.73. The van der Waals surface area contributed by atoms with Crippen LogP contribution in [0.5, 0.6) is 11.6 Å². The summed E-state index contributed by atoms with van der Waals surface area (Å²) >= 11 is 1.04. The van der Waals surface area contributed by atoms with Gasteiger partial charge in [0.15, 0.2) is 0 Å². The van der Waals surface area contributed by atoms with Crippen molar-refractivity contribution in [2.24, 2.45) is 0 Å². The first-order chi connectivity index (χ1) is 12.7. The van der Waals surface area contributed by atoms with Gasteiger partial charge in [0.1, 0.15) is 12.4 Å². The van der Waals surface area contributed by atoms with Crippen molar-refractivity contribution in [2.75, 3.05) is 24.6 Å². The van der Waals surface area contributed by atoms with Gasteiger partial charge in [-0.1, -0.05) is 41.7 Å². The Bertz CT molecular complexity index is 946. The van der Waals surface area contributed by atoms with Crippen LogP contribution in [0.4, 0.5) is 5.69 Å². The first kappa shape index (κ1) is 16.7. The van der Waals surface area contributed by atoms with Gasteiger partial charge in [-0.15, -0.1) is 0 Å². The SMILES string of the molecule is O=c1[nH]c(O)c(Cc2ccc(OCCN3CCc4ccccc43)cc2)s1. The molecule has 5 nitrogen and oxygen atoms in total. The summed E-state index contributed by atoms with van der Waals surface area (Å²) in [4.78, 5) is 16.4. The summed E-state index contributed by atoms with van der Waals surface area (Å²) in [5.41, 5.74) is 3.75. The van der Waals surface area contributed by atoms with E-state index < -0.39 is 0 Å². The molecule has 1 aliphatic rings. The first-order valence-corrected chi connectivity index (χ1v) is 9.46. The number of benzene rings is 2. The molecule has 3 aromatic rings. The zero-order valence-electron chi connectivity index (χ0n) is 14.3. The highest BCUT2D eigenvalue weighted by atomic mass is 32.1. The summed E-state index contributed by atoms with van der Waals surface area (Å²) in [6.45, 7) is 2.54. The number of nitrogens with one attached hydrogen (secondary N) is 1. The summed E-state index contributed by atoms with van der Waals surface area (Å²) in [7, 11) is 0. The zero-order chi connectivity index (χ0) is 17.9. The Morgan fingerprint density at radius 2 is 1.96 bits per heavy atom. The molecule has 0 spiro atoms. The number of H-pyrrole nitrogens is 1. The van der Waals surface area contributed by atoms with E-state index in [-0.39, 0.29) is 10.8 Å². The van der Waals surface area contributed by atoms with Gasteiger partial charge < -0.3 is 14.7 Å². The molecule has 2 N–H and O–H groups in total. The van der Waals surface area contributed by atoms with Crippen LogP contribution in [0.2, 0.25) is 0 Å². The number of aromatic hydroxyl groups is 1. The van der Waals surface area contributed by atoms with Crippen LogP contribution < -0.4 is 14.5 Å². The Labute approximate surface area is 155 Å². The number of nitrogens with zero attached hydrogens (tertiary/aromatic N) is 1. The molecule has 0 saturated carbocycles. The molecule has 0 unspecified atom stereocenters. The molecular weight excluding hydrogens is 348 g/mol. The average molecular weight is 368 g/mol. The van der Waals surface area contributed by atoms with E-state index in [1.165, 1.54) is 11.3 Å². The molecule has 2 heterocycles. The molecule has 1 aliphatic heterocycles. The van der Waals surface area contributed by atoms with Crippen LogP contribution in [0.15, 0.2) is 53.3 Å². The van der Waals surface area contributed by atoms with Crippen molar-refractivity contribution in [2.45, 2.75) is 12.8 Å². The van der Waals surface area contributed by atoms with E-state index in [0.717, 1.165) is 42.2 Å². The molecule has 2 aromatic carbocycles. The molecule has 0 saturated heterocycles. The molecule has 26 heavy (non-hydrogen) atoms. The average Bonchev–Trinajstić information content (AvgIpc) is 3.19. The number of para-hydroxylation sites is 1. The highest BCUT2D eigenvalue weighted by molar-refractivity contribution is 7.09. The van der Waals surface area contributed by atoms with Crippen molar-refractivity contribution < 1.29 is 9.84 Å². The minimum Gasteiger partial charge on any atom is -0.494 e. The van der Waals surface area contributed by atoms with Crippen LogP contribution in [0, 0.1) is 0 Å². The van der Waals surface area contributed by atoms with Crippen molar-refractivity contribution >= 4 is 17.0 Å². The highest BCUT2D eigenvalue weighted by Crippen LogP contribution is 2.27. The van der Waals surface area contributed by atoms with Gasteiger partial charge in [0, 0.05) is 18.7 Å². The monoisotopic (exact) mass is 368 g/mol. The van der Waals surface area contributed by atoms with Crippen LogP contribution in [0.1, 0.15) is 16.0 Å². The highest BCUT2D eigenvalue weighted by Gasteiger charge is 2.17. The molecule has 1 aromatic heterocycles. The lowest BCUT2D eigenvalue weighted by molar-refractivity contribution is 0.324. The fourth-order valence-corrected chi connectivity index (χ4v) is 4.03. The summed E-state index contributed by atoms with van der Waals surface area (Å²) in [5, 5.41) is 9.66. The van der Waals surface area contributed by atoms with Crippen molar-refractivity contribution in [3.8, 4) is 11.6 Å². The number of fused-ring (bicyclic) bond motifs is 1. The van der Waals surface area contributed by atoms with E-state index in [1.807, 2.05) is 24.3 Å². The summed E-state index contributed by atoms with van der Waals surface area (Å²) in [6.07, 6.45) is 1.63. The summed E-state index contributed by atoms with van der Waals surface area (Å²) in [5.74, 6) is 0.791. The summed E-state index contributed by atoms with van der Waals surface area (Å²) < 4.78 is 5.87. The molecule has 0 aliphatic carbocycles. The van der Waals surface area contributed by atoms with Crippen molar-refractivity contribution in [1.29, 1.82) is 0 Å². The molecule has 0 atom stereocenters. The van der Waals surface area contributed by atoms with Crippen molar-refractivity contribution in [3.63, 3.8) is 0 Å². The maximum Gasteiger partial charge on any atom is 0.307 e. The second-order valence-electron chi connectivity index (χ2n) is 6.32. The van der Waals surface area contributed by atoms with Crippen LogP contribution in [0.25, 0.3) is 0 Å². The van der Waals surface area contributed by atoms with Gasteiger partial charge >= 0.3 is 4.87 Å². The Balaban J connectivity index is 1.31. The zero-order valence-corrected chi connectivity index (χ0v) is 15.1. The van der Waals surface area contributed by atoms with Crippen LogP contribution in [0.3, 0.4) is 0 Å². The second kappa shape index (κ2) is 7.25. The Morgan fingerprint density at radius 1 is 1.15 bits per heavy atom. The molecule has 6 heteroatoms. The number of ether oxygens (including phenoxy) is 1. The third-order valence-corrected chi connectivity index (χ3v) is 5.47. The molecule has 0 radical (unpaired) electrons. The van der Waals surface area contributed by atoms with E-state index in [0.29, 0.717) is 17.9 Å². The minimum absolute atomic E-state index is 0.0359. The van der Waals surface area contributed by atoms with E-state index in [9.17, 15) is 9.90 Å². The Morgan fingerprint density at radius 3 is 2.73 bits per heavy atom. The second-order valence-corrected chi connectivity index (χ2v) is 7.39. The van der Waals surface area contributed by atoms with Gasteiger partial charge in [0.05, 0.1) is 11.4 Å². The lowest BCUT2D eigenvalue weighted by Gasteiger charge is -2.19. The van der Waals surface area contributed by atoms with Gasteiger partial charge in [0.2, 0.25) is 5.88 Å². The number of anilines is 1. The van der Waals surface area contributed by atoms with E-state index >= 15 is 0 Å². The lowest BCUT2D eigenvalue weighted by Crippen LogP contribution is -2.26. The number of rotatable bonds is 6. The molecule has 134 valence electrons. The maximum absolute atomic E-state index is 11.2.